The number of pyridine rings is 1. The summed E-state index contributed by atoms with van der Waals surface area (Å²) < 4.78 is 25.3. The summed E-state index contributed by atoms with van der Waals surface area (Å²) >= 11 is 11.4. The third kappa shape index (κ3) is 3.53. The Morgan fingerprint density at radius 2 is 2.12 bits per heavy atom. The number of hydrogen-bond donors (Lipinski definition) is 1. The quantitative estimate of drug-likeness (QED) is 0.831. The molecule has 0 saturated carbocycles. The molecule has 0 bridgehead atoms. The van der Waals surface area contributed by atoms with Gasteiger partial charge in [0.2, 0.25) is 10.0 Å². The minimum atomic E-state index is -3.56. The number of hydrogen-bond acceptors (Lipinski definition) is 4. The van der Waals surface area contributed by atoms with Crippen LogP contribution in [0.2, 0.25) is 10.2 Å². The van der Waals surface area contributed by atoms with Gasteiger partial charge in [0.1, 0.15) is 10.0 Å². The Morgan fingerprint density at radius 3 is 2.65 bits per heavy atom. The Labute approximate surface area is 111 Å². The van der Waals surface area contributed by atoms with Crippen molar-refractivity contribution in [2.45, 2.75) is 4.90 Å². The molecule has 0 saturated heterocycles. The second kappa shape index (κ2) is 5.97. The molecule has 0 spiro atoms. The third-order valence-corrected chi connectivity index (χ3v) is 4.66. The van der Waals surface area contributed by atoms with Gasteiger partial charge in [-0.05, 0) is 13.1 Å². The van der Waals surface area contributed by atoms with E-state index in [1.54, 1.807) is 7.05 Å². The van der Waals surface area contributed by atoms with E-state index in [-0.39, 0.29) is 15.1 Å². The van der Waals surface area contributed by atoms with Crippen molar-refractivity contribution in [3.63, 3.8) is 0 Å². The van der Waals surface area contributed by atoms with Crippen molar-refractivity contribution in [1.29, 1.82) is 0 Å². The van der Waals surface area contributed by atoms with Crippen molar-refractivity contribution in [2.75, 3.05) is 27.2 Å². The molecule has 96 valence electrons. The second-order valence-corrected chi connectivity index (χ2v) is 6.18. The van der Waals surface area contributed by atoms with Crippen LogP contribution in [-0.2, 0) is 10.0 Å². The normalized spacial score (nSPS) is 12.1. The number of aromatic nitrogens is 1. The fourth-order valence-electron chi connectivity index (χ4n) is 1.11. The molecule has 0 fully saturated rings. The number of sulfonamides is 1. The van der Waals surface area contributed by atoms with Gasteiger partial charge in [0, 0.05) is 26.3 Å². The van der Waals surface area contributed by atoms with Gasteiger partial charge in [-0.15, -0.1) is 0 Å². The van der Waals surface area contributed by atoms with E-state index in [9.17, 15) is 8.42 Å². The van der Waals surface area contributed by atoms with Crippen LogP contribution < -0.4 is 5.32 Å². The monoisotopic (exact) mass is 297 g/mol. The molecule has 1 aromatic heterocycles. The highest BCUT2D eigenvalue weighted by atomic mass is 35.5. The zero-order valence-electron chi connectivity index (χ0n) is 9.44. The van der Waals surface area contributed by atoms with Crippen LogP contribution in [0.1, 0.15) is 0 Å². The van der Waals surface area contributed by atoms with Gasteiger partial charge in [-0.25, -0.2) is 13.4 Å². The lowest BCUT2D eigenvalue weighted by atomic mass is 10.5. The topological polar surface area (TPSA) is 62.3 Å². The summed E-state index contributed by atoms with van der Waals surface area (Å²) in [6, 6.07) is 1.29. The first-order chi connectivity index (χ1) is 7.89. The standard InChI is InChI=1S/C9H13Cl2N3O2S/c1-12-3-4-14(2)17(15,16)7-5-8(10)9(11)13-6-7/h5-6,12H,3-4H2,1-2H3. The molecule has 1 heterocycles. The number of nitrogens with one attached hydrogen (secondary N) is 1. The number of nitrogens with zero attached hydrogens (tertiary/aromatic N) is 2. The Kier molecular flexibility index (Phi) is 5.15. The average Bonchev–Trinajstić information content (AvgIpc) is 2.29. The molecule has 0 aliphatic rings. The zero-order valence-corrected chi connectivity index (χ0v) is 11.8. The van der Waals surface area contributed by atoms with E-state index in [0.717, 1.165) is 0 Å². The van der Waals surface area contributed by atoms with E-state index >= 15 is 0 Å². The summed E-state index contributed by atoms with van der Waals surface area (Å²) in [7, 11) is -0.316. The molecule has 0 unspecified atom stereocenters. The van der Waals surface area contributed by atoms with Gasteiger partial charge in [0.05, 0.1) is 5.02 Å². The molecule has 1 rings (SSSR count). The Hall–Kier alpha value is -0.400. The maximum atomic E-state index is 12.1. The maximum Gasteiger partial charge on any atom is 0.244 e. The summed E-state index contributed by atoms with van der Waals surface area (Å²) in [5, 5.41) is 3.08. The molecule has 17 heavy (non-hydrogen) atoms. The lowest BCUT2D eigenvalue weighted by Gasteiger charge is -2.16. The first kappa shape index (κ1) is 14.7. The first-order valence-corrected chi connectivity index (χ1v) is 7.01. The predicted molar refractivity (Wildman–Crippen MR) is 68.0 cm³/mol. The van der Waals surface area contributed by atoms with Crippen LogP contribution >= 0.6 is 23.2 Å². The van der Waals surface area contributed by atoms with Crippen LogP contribution in [0.5, 0.6) is 0 Å². The Balaban J connectivity index is 3.00. The average molecular weight is 298 g/mol. The van der Waals surface area contributed by atoms with E-state index in [0.29, 0.717) is 13.1 Å². The summed E-state index contributed by atoms with van der Waals surface area (Å²) in [5.74, 6) is 0. The molecule has 0 amide bonds. The van der Waals surface area contributed by atoms with Gasteiger partial charge in [-0.1, -0.05) is 23.2 Å². The summed E-state index contributed by atoms with van der Waals surface area (Å²) in [4.78, 5) is 3.75. The van der Waals surface area contributed by atoms with Gasteiger partial charge in [-0.3, -0.25) is 0 Å². The highest BCUT2D eigenvalue weighted by molar-refractivity contribution is 7.89. The molecule has 1 N–H and O–H groups in total. The fraction of sp³-hybridized carbons (Fsp3) is 0.444. The van der Waals surface area contributed by atoms with Crippen LogP contribution in [-0.4, -0.2) is 44.9 Å². The van der Waals surface area contributed by atoms with Crippen LogP contribution in [0.15, 0.2) is 17.2 Å². The Morgan fingerprint density at radius 1 is 1.47 bits per heavy atom. The van der Waals surface area contributed by atoms with E-state index in [4.69, 9.17) is 23.2 Å². The highest BCUT2D eigenvalue weighted by Gasteiger charge is 2.21. The largest absolute Gasteiger partial charge is 0.318 e. The van der Waals surface area contributed by atoms with Gasteiger partial charge >= 0.3 is 0 Å². The van der Waals surface area contributed by atoms with Gasteiger partial charge in [0.25, 0.3) is 0 Å². The highest BCUT2D eigenvalue weighted by Crippen LogP contribution is 2.23. The zero-order chi connectivity index (χ0) is 13.1. The van der Waals surface area contributed by atoms with Crippen molar-refractivity contribution in [3.05, 3.63) is 22.4 Å². The summed E-state index contributed by atoms with van der Waals surface area (Å²) in [5.41, 5.74) is 0. The summed E-state index contributed by atoms with van der Waals surface area (Å²) in [6.07, 6.45) is 1.19. The van der Waals surface area contributed by atoms with E-state index < -0.39 is 10.0 Å². The van der Waals surface area contributed by atoms with Crippen LogP contribution in [0.4, 0.5) is 0 Å². The molecule has 5 nitrogen and oxygen atoms in total. The van der Waals surface area contributed by atoms with Crippen molar-refractivity contribution in [3.8, 4) is 0 Å². The number of halogens is 2. The van der Waals surface area contributed by atoms with Gasteiger partial charge < -0.3 is 5.32 Å². The lowest BCUT2D eigenvalue weighted by Crippen LogP contribution is -2.32. The molecule has 0 aliphatic heterocycles. The molecule has 0 atom stereocenters. The van der Waals surface area contributed by atoms with Crippen LogP contribution in [0, 0.1) is 0 Å². The first-order valence-electron chi connectivity index (χ1n) is 4.81. The molecule has 1 aromatic rings. The van der Waals surface area contributed by atoms with Crippen LogP contribution in [0.25, 0.3) is 0 Å². The molecular formula is C9H13Cl2N3O2S. The second-order valence-electron chi connectivity index (χ2n) is 3.37. The van der Waals surface area contributed by atoms with E-state index in [1.165, 1.54) is 23.6 Å². The van der Waals surface area contributed by atoms with Gasteiger partial charge in [0.15, 0.2) is 0 Å². The van der Waals surface area contributed by atoms with Crippen molar-refractivity contribution < 1.29 is 8.42 Å². The molecule has 8 heteroatoms. The lowest BCUT2D eigenvalue weighted by molar-refractivity contribution is 0.466. The van der Waals surface area contributed by atoms with Crippen LogP contribution in [0.3, 0.4) is 0 Å². The number of rotatable bonds is 5. The summed E-state index contributed by atoms with van der Waals surface area (Å²) in [6.45, 7) is 0.920. The predicted octanol–water partition coefficient (Wildman–Crippen LogP) is 1.23. The molecular weight excluding hydrogens is 285 g/mol. The van der Waals surface area contributed by atoms with Crippen molar-refractivity contribution in [1.82, 2.24) is 14.6 Å². The van der Waals surface area contributed by atoms with Crippen molar-refractivity contribution >= 4 is 33.2 Å². The van der Waals surface area contributed by atoms with E-state index in [2.05, 4.69) is 10.3 Å². The van der Waals surface area contributed by atoms with Crippen molar-refractivity contribution in [2.24, 2.45) is 0 Å². The Bertz CT molecular complexity index is 493. The smallest absolute Gasteiger partial charge is 0.244 e. The molecule has 0 aromatic carbocycles. The minimum absolute atomic E-state index is 0.0329. The maximum absolute atomic E-state index is 12.1. The molecule has 0 radical (unpaired) electrons. The minimum Gasteiger partial charge on any atom is -0.318 e. The fourth-order valence-corrected chi connectivity index (χ4v) is 2.59. The third-order valence-electron chi connectivity index (χ3n) is 2.16. The molecule has 0 aliphatic carbocycles. The van der Waals surface area contributed by atoms with E-state index in [1.807, 2.05) is 0 Å². The number of likely N-dealkylation sites (N-methyl/N-ethyl adjacent to an activating group) is 2. The van der Waals surface area contributed by atoms with Gasteiger partial charge in [-0.2, -0.15) is 4.31 Å². The SMILES string of the molecule is CNCCN(C)S(=O)(=O)c1cnc(Cl)c(Cl)c1.